The summed E-state index contributed by atoms with van der Waals surface area (Å²) in [6.07, 6.45) is 6.33. The van der Waals surface area contributed by atoms with Crippen LogP contribution in [0.5, 0.6) is 0 Å². The predicted molar refractivity (Wildman–Crippen MR) is 70.6 cm³/mol. The Kier molecular flexibility index (Phi) is 4.07. The van der Waals surface area contributed by atoms with Crippen molar-refractivity contribution in [2.45, 2.75) is 32.9 Å². The van der Waals surface area contributed by atoms with E-state index in [0.29, 0.717) is 0 Å². The molecule has 0 radical (unpaired) electrons. The lowest BCUT2D eigenvalue weighted by Crippen LogP contribution is -2.31. The van der Waals surface area contributed by atoms with Crippen molar-refractivity contribution < 1.29 is 0 Å². The fourth-order valence-corrected chi connectivity index (χ4v) is 2.00. The highest BCUT2D eigenvalue weighted by molar-refractivity contribution is 5.18. The molecule has 0 bridgehead atoms. The number of hydrogen-bond acceptors (Lipinski definition) is 4. The molecule has 5 heteroatoms. The Morgan fingerprint density at radius 3 is 2.89 bits per heavy atom. The lowest BCUT2D eigenvalue weighted by molar-refractivity contribution is 0.512. The van der Waals surface area contributed by atoms with Crippen LogP contribution in [0.3, 0.4) is 0 Å². The largest absolute Gasteiger partial charge is 0.335 e. The first-order chi connectivity index (χ1) is 8.74. The summed E-state index contributed by atoms with van der Waals surface area (Å²) in [5, 5.41) is 0. The Hall–Kier alpha value is -1.72. The van der Waals surface area contributed by atoms with Crippen LogP contribution < -0.4 is 11.3 Å². The van der Waals surface area contributed by atoms with Crippen LogP contribution in [0.1, 0.15) is 30.0 Å². The monoisotopic (exact) mass is 245 g/mol. The molecule has 0 fully saturated rings. The Bertz CT molecular complexity index is 506. The van der Waals surface area contributed by atoms with Crippen molar-refractivity contribution in [2.24, 2.45) is 5.84 Å². The third-order valence-corrected chi connectivity index (χ3v) is 3.02. The fourth-order valence-electron chi connectivity index (χ4n) is 2.00. The first kappa shape index (κ1) is 12.7. The third kappa shape index (κ3) is 2.75. The van der Waals surface area contributed by atoms with Crippen LogP contribution in [-0.4, -0.2) is 14.5 Å². The molecule has 5 nitrogen and oxygen atoms in total. The van der Waals surface area contributed by atoms with Gasteiger partial charge >= 0.3 is 0 Å². The number of rotatable bonds is 5. The summed E-state index contributed by atoms with van der Waals surface area (Å²) >= 11 is 0. The number of hydrazine groups is 1. The van der Waals surface area contributed by atoms with Crippen molar-refractivity contribution in [1.29, 1.82) is 0 Å². The zero-order valence-electron chi connectivity index (χ0n) is 10.8. The molecule has 0 amide bonds. The second kappa shape index (κ2) is 5.75. The summed E-state index contributed by atoms with van der Waals surface area (Å²) in [6, 6.07) is 4.01. The Balaban J connectivity index is 2.20. The van der Waals surface area contributed by atoms with Gasteiger partial charge in [0.1, 0.15) is 5.82 Å². The molecule has 0 aliphatic rings. The Morgan fingerprint density at radius 1 is 1.39 bits per heavy atom. The molecule has 0 aliphatic carbocycles. The summed E-state index contributed by atoms with van der Waals surface area (Å²) < 4.78 is 2.11. The molecular formula is C13H19N5. The second-order valence-electron chi connectivity index (χ2n) is 4.31. The number of imidazole rings is 1. The molecule has 0 saturated carbocycles. The van der Waals surface area contributed by atoms with Gasteiger partial charge in [0.25, 0.3) is 0 Å². The van der Waals surface area contributed by atoms with Crippen molar-refractivity contribution in [3.8, 4) is 0 Å². The molecule has 96 valence electrons. The van der Waals surface area contributed by atoms with Gasteiger partial charge in [0.05, 0.1) is 11.7 Å². The van der Waals surface area contributed by atoms with Crippen LogP contribution in [0.4, 0.5) is 0 Å². The summed E-state index contributed by atoms with van der Waals surface area (Å²) in [6.45, 7) is 5.06. The minimum absolute atomic E-state index is 0.0161. The number of nitrogens with two attached hydrogens (primary N) is 1. The minimum Gasteiger partial charge on any atom is -0.335 e. The van der Waals surface area contributed by atoms with Crippen molar-refractivity contribution in [3.63, 3.8) is 0 Å². The van der Waals surface area contributed by atoms with Gasteiger partial charge in [-0.05, 0) is 31.5 Å². The molecule has 2 aromatic rings. The normalized spacial score (nSPS) is 12.6. The topological polar surface area (TPSA) is 68.8 Å². The molecule has 2 rings (SSSR count). The second-order valence-corrected chi connectivity index (χ2v) is 4.31. The summed E-state index contributed by atoms with van der Waals surface area (Å²) in [4.78, 5) is 8.73. The lowest BCUT2D eigenvalue weighted by atomic mass is 10.1. The lowest BCUT2D eigenvalue weighted by Gasteiger charge is -2.16. The first-order valence-corrected chi connectivity index (χ1v) is 6.13. The molecule has 18 heavy (non-hydrogen) atoms. The minimum atomic E-state index is -0.0161. The quantitative estimate of drug-likeness (QED) is 0.616. The maximum atomic E-state index is 5.64. The van der Waals surface area contributed by atoms with Gasteiger partial charge in [0, 0.05) is 31.6 Å². The summed E-state index contributed by atoms with van der Waals surface area (Å²) in [7, 11) is 0. The smallest absolute Gasteiger partial charge is 0.110 e. The molecule has 3 N–H and O–H groups in total. The van der Waals surface area contributed by atoms with E-state index < -0.39 is 0 Å². The van der Waals surface area contributed by atoms with Gasteiger partial charge in [0.15, 0.2) is 0 Å². The van der Waals surface area contributed by atoms with Crippen LogP contribution in [0.2, 0.25) is 0 Å². The van der Waals surface area contributed by atoms with Gasteiger partial charge in [-0.3, -0.25) is 16.3 Å². The van der Waals surface area contributed by atoms with E-state index in [0.717, 1.165) is 24.5 Å². The van der Waals surface area contributed by atoms with Crippen molar-refractivity contribution >= 4 is 0 Å². The highest BCUT2D eigenvalue weighted by Crippen LogP contribution is 2.15. The molecule has 0 spiro atoms. The van der Waals surface area contributed by atoms with Crippen LogP contribution in [0, 0.1) is 6.92 Å². The molecule has 0 aromatic carbocycles. The molecule has 0 saturated heterocycles. The Morgan fingerprint density at radius 2 is 2.22 bits per heavy atom. The summed E-state index contributed by atoms with van der Waals surface area (Å²) in [5.74, 6) is 6.65. The molecule has 0 aliphatic heterocycles. The molecule has 2 heterocycles. The van der Waals surface area contributed by atoms with Crippen LogP contribution in [-0.2, 0) is 13.0 Å². The van der Waals surface area contributed by atoms with E-state index in [1.165, 1.54) is 5.56 Å². The molecule has 2 aromatic heterocycles. The predicted octanol–water partition coefficient (Wildman–Crippen LogP) is 1.35. The van der Waals surface area contributed by atoms with E-state index in [1.807, 2.05) is 31.5 Å². The van der Waals surface area contributed by atoms with Gasteiger partial charge in [-0.25, -0.2) is 4.98 Å². The van der Waals surface area contributed by atoms with E-state index >= 15 is 0 Å². The third-order valence-electron chi connectivity index (χ3n) is 3.02. The number of aromatic nitrogens is 3. The summed E-state index contributed by atoms with van der Waals surface area (Å²) in [5.41, 5.74) is 4.95. The van der Waals surface area contributed by atoms with Crippen molar-refractivity contribution in [1.82, 2.24) is 20.0 Å². The van der Waals surface area contributed by atoms with Gasteiger partial charge in [-0.15, -0.1) is 0 Å². The highest BCUT2D eigenvalue weighted by atomic mass is 15.2. The number of aryl methyl sites for hydroxylation is 2. The van der Waals surface area contributed by atoms with Crippen LogP contribution in [0.25, 0.3) is 0 Å². The standard InChI is InChI=1S/C13H19N5/c1-3-18-7-6-16-13(18)9-12(17-14)11-8-10(2)4-5-15-11/h4-8,12,17H,3,9,14H2,1-2H3. The maximum Gasteiger partial charge on any atom is 0.110 e. The van der Waals surface area contributed by atoms with Crippen LogP contribution in [0.15, 0.2) is 30.7 Å². The highest BCUT2D eigenvalue weighted by Gasteiger charge is 2.14. The van der Waals surface area contributed by atoms with E-state index in [1.54, 1.807) is 6.20 Å². The Labute approximate surface area is 107 Å². The zero-order chi connectivity index (χ0) is 13.0. The van der Waals surface area contributed by atoms with Gasteiger partial charge in [0.2, 0.25) is 0 Å². The number of pyridine rings is 1. The molecule has 1 unspecified atom stereocenters. The van der Waals surface area contributed by atoms with E-state index in [2.05, 4.69) is 26.9 Å². The number of nitrogens with zero attached hydrogens (tertiary/aromatic N) is 3. The first-order valence-electron chi connectivity index (χ1n) is 6.13. The van der Waals surface area contributed by atoms with Gasteiger partial charge in [-0.2, -0.15) is 0 Å². The van der Waals surface area contributed by atoms with E-state index in [9.17, 15) is 0 Å². The number of nitrogens with one attached hydrogen (secondary N) is 1. The number of hydrogen-bond donors (Lipinski definition) is 2. The van der Waals surface area contributed by atoms with Crippen LogP contribution >= 0.6 is 0 Å². The fraction of sp³-hybridized carbons (Fsp3) is 0.385. The zero-order valence-corrected chi connectivity index (χ0v) is 10.8. The molecule has 1 atom stereocenters. The van der Waals surface area contributed by atoms with Crippen molar-refractivity contribution in [2.75, 3.05) is 0 Å². The van der Waals surface area contributed by atoms with E-state index in [-0.39, 0.29) is 6.04 Å². The average Bonchev–Trinajstić information content (AvgIpc) is 2.83. The maximum absolute atomic E-state index is 5.64. The SMILES string of the molecule is CCn1ccnc1CC(NN)c1cc(C)ccn1. The van der Waals surface area contributed by atoms with Crippen molar-refractivity contribution in [3.05, 3.63) is 47.8 Å². The average molecular weight is 245 g/mol. The van der Waals surface area contributed by atoms with E-state index in [4.69, 9.17) is 5.84 Å². The van der Waals surface area contributed by atoms with Gasteiger partial charge < -0.3 is 4.57 Å². The van der Waals surface area contributed by atoms with Gasteiger partial charge in [-0.1, -0.05) is 0 Å². The molecular weight excluding hydrogens is 226 g/mol.